The Morgan fingerprint density at radius 1 is 1.21 bits per heavy atom. The van der Waals surface area contributed by atoms with E-state index in [1.165, 1.54) is 23.4 Å². The summed E-state index contributed by atoms with van der Waals surface area (Å²) in [4.78, 5) is 22.2. The van der Waals surface area contributed by atoms with Crippen LogP contribution in [0.2, 0.25) is 0 Å². The van der Waals surface area contributed by atoms with Gasteiger partial charge in [-0.3, -0.25) is 4.98 Å². The van der Waals surface area contributed by atoms with Crippen molar-refractivity contribution in [2.45, 2.75) is 70.6 Å². The number of aryl methyl sites for hydroxylation is 1. The predicted molar refractivity (Wildman–Crippen MR) is 135 cm³/mol. The van der Waals surface area contributed by atoms with Crippen molar-refractivity contribution in [1.82, 2.24) is 30.3 Å². The minimum absolute atomic E-state index is 0.0178. The summed E-state index contributed by atoms with van der Waals surface area (Å²) in [7, 11) is 0. The third-order valence-corrected chi connectivity index (χ3v) is 5.90. The number of halogens is 3. The van der Waals surface area contributed by atoms with Gasteiger partial charge in [-0.15, -0.1) is 4.80 Å². The molecule has 0 bridgehead atoms. The maximum Gasteiger partial charge on any atom is 0.407 e. The van der Waals surface area contributed by atoms with Crippen LogP contribution in [0.1, 0.15) is 51.3 Å². The number of nitrogens with one attached hydrogen (secondary N) is 3. The molecule has 1 aliphatic rings. The minimum Gasteiger partial charge on any atom is -0.444 e. The first-order chi connectivity index (χ1) is 18.3. The molecule has 3 N–H and O–H groups in total. The van der Waals surface area contributed by atoms with Crippen molar-refractivity contribution in [2.24, 2.45) is 0 Å². The SMILES string of the molecule is Cc1ncc(Nc2nc(NC3CCC(F)(F)CC3NC(=O)OC(C)(C)C)c(F)cc2C#N)cc1-n1nccn1. The Hall–Kier alpha value is -4.41. The number of alkyl carbamates (subject to hydrolysis) is 1. The third-order valence-electron chi connectivity index (χ3n) is 5.90. The molecule has 206 valence electrons. The highest BCUT2D eigenvalue weighted by Gasteiger charge is 2.43. The monoisotopic (exact) mass is 543 g/mol. The molecule has 1 saturated carbocycles. The molecule has 1 fully saturated rings. The van der Waals surface area contributed by atoms with Crippen LogP contribution in [0.15, 0.2) is 30.7 Å². The number of hydrogen-bond donors (Lipinski definition) is 3. The lowest BCUT2D eigenvalue weighted by Gasteiger charge is -2.37. The van der Waals surface area contributed by atoms with E-state index in [0.29, 0.717) is 17.1 Å². The molecule has 0 aromatic carbocycles. The molecular weight excluding hydrogens is 515 g/mol. The number of amides is 1. The number of pyridine rings is 2. The Balaban J connectivity index is 1.59. The van der Waals surface area contributed by atoms with Gasteiger partial charge in [-0.25, -0.2) is 22.9 Å². The van der Waals surface area contributed by atoms with Gasteiger partial charge in [-0.05, 0) is 46.2 Å². The summed E-state index contributed by atoms with van der Waals surface area (Å²) in [5.74, 6) is -4.12. The summed E-state index contributed by atoms with van der Waals surface area (Å²) in [5, 5.41) is 26.0. The largest absolute Gasteiger partial charge is 0.444 e. The second kappa shape index (κ2) is 10.8. The van der Waals surface area contributed by atoms with Crippen LogP contribution >= 0.6 is 0 Å². The Kier molecular flexibility index (Phi) is 7.62. The van der Waals surface area contributed by atoms with E-state index in [1.54, 1.807) is 33.8 Å². The van der Waals surface area contributed by atoms with Crippen molar-refractivity contribution in [3.05, 3.63) is 47.8 Å². The summed E-state index contributed by atoms with van der Waals surface area (Å²) >= 11 is 0. The van der Waals surface area contributed by atoms with Gasteiger partial charge in [0.05, 0.1) is 41.6 Å². The van der Waals surface area contributed by atoms with Crippen LogP contribution < -0.4 is 16.0 Å². The van der Waals surface area contributed by atoms with Crippen LogP contribution in [0.4, 0.5) is 35.3 Å². The first kappa shape index (κ1) is 27.6. The molecule has 0 aliphatic heterocycles. The molecule has 3 aromatic heterocycles. The molecule has 1 amide bonds. The Bertz CT molecular complexity index is 1380. The molecule has 1 aliphatic carbocycles. The summed E-state index contributed by atoms with van der Waals surface area (Å²) in [6, 6.07) is 2.72. The number of ether oxygens (including phenoxy) is 1. The zero-order chi connectivity index (χ0) is 28.4. The fraction of sp³-hybridized carbons (Fsp3) is 0.440. The highest BCUT2D eigenvalue weighted by Crippen LogP contribution is 2.35. The molecule has 3 heterocycles. The first-order valence-electron chi connectivity index (χ1n) is 12.2. The lowest BCUT2D eigenvalue weighted by Crippen LogP contribution is -2.54. The van der Waals surface area contributed by atoms with Gasteiger partial charge in [0.2, 0.25) is 5.92 Å². The third kappa shape index (κ3) is 6.92. The van der Waals surface area contributed by atoms with Crippen molar-refractivity contribution < 1.29 is 22.7 Å². The molecule has 0 radical (unpaired) electrons. The van der Waals surface area contributed by atoms with Gasteiger partial charge in [-0.2, -0.15) is 15.5 Å². The minimum atomic E-state index is -3.01. The first-order valence-corrected chi connectivity index (χ1v) is 12.2. The number of carbonyl (C=O) groups is 1. The molecule has 14 heteroatoms. The topological polar surface area (TPSA) is 143 Å². The van der Waals surface area contributed by atoms with Gasteiger partial charge in [0.25, 0.3) is 0 Å². The van der Waals surface area contributed by atoms with Gasteiger partial charge >= 0.3 is 6.09 Å². The van der Waals surface area contributed by atoms with Crippen molar-refractivity contribution in [3.8, 4) is 11.8 Å². The molecule has 2 atom stereocenters. The summed E-state index contributed by atoms with van der Waals surface area (Å²) < 4.78 is 48.7. The highest BCUT2D eigenvalue weighted by atomic mass is 19.3. The molecule has 0 saturated heterocycles. The lowest BCUT2D eigenvalue weighted by molar-refractivity contribution is -0.0476. The normalized spacial score (nSPS) is 18.6. The zero-order valence-electron chi connectivity index (χ0n) is 21.8. The Labute approximate surface area is 222 Å². The summed E-state index contributed by atoms with van der Waals surface area (Å²) in [6.45, 7) is 6.73. The average Bonchev–Trinajstić information content (AvgIpc) is 3.37. The average molecular weight is 544 g/mol. The van der Waals surface area contributed by atoms with Crippen LogP contribution in [-0.4, -0.2) is 54.7 Å². The predicted octanol–water partition coefficient (Wildman–Crippen LogP) is 4.61. The van der Waals surface area contributed by atoms with Crippen molar-refractivity contribution in [2.75, 3.05) is 10.6 Å². The van der Waals surface area contributed by atoms with Gasteiger partial charge < -0.3 is 20.7 Å². The van der Waals surface area contributed by atoms with Crippen LogP contribution in [0.3, 0.4) is 0 Å². The van der Waals surface area contributed by atoms with E-state index < -0.39 is 48.4 Å². The van der Waals surface area contributed by atoms with Crippen molar-refractivity contribution >= 4 is 23.4 Å². The number of hydrogen-bond acceptors (Lipinski definition) is 9. The molecule has 0 spiro atoms. The lowest BCUT2D eigenvalue weighted by atomic mass is 9.87. The zero-order valence-corrected chi connectivity index (χ0v) is 21.8. The van der Waals surface area contributed by atoms with E-state index in [9.17, 15) is 23.2 Å². The number of nitrogens with zero attached hydrogens (tertiary/aromatic N) is 6. The van der Waals surface area contributed by atoms with E-state index >= 15 is 0 Å². The summed E-state index contributed by atoms with van der Waals surface area (Å²) in [5.41, 5.74) is 0.726. The highest BCUT2D eigenvalue weighted by molar-refractivity contribution is 5.69. The van der Waals surface area contributed by atoms with Gasteiger partial charge in [-0.1, -0.05) is 0 Å². The molecular formula is C25H28F3N9O2. The van der Waals surface area contributed by atoms with Gasteiger partial charge in [0, 0.05) is 18.9 Å². The van der Waals surface area contributed by atoms with Crippen LogP contribution in [0.5, 0.6) is 0 Å². The number of rotatable bonds is 6. The number of aromatic nitrogens is 5. The quantitative estimate of drug-likeness (QED) is 0.406. The maximum absolute atomic E-state index is 15.0. The Morgan fingerprint density at radius 3 is 2.59 bits per heavy atom. The standard InChI is InChI=1S/C25H28F3N9O2/c1-14-20(37-31-7-8-32-37)10-16(13-30-14)33-21-15(12-29)9-17(26)22(36-21)34-18-5-6-25(27,28)11-19(18)35-23(38)39-24(2,3)4/h7-10,13,18-19H,5-6,11H2,1-4H3,(H,35,38)(H2,33,34,36). The molecule has 11 nitrogen and oxygen atoms in total. The molecule has 39 heavy (non-hydrogen) atoms. The van der Waals surface area contributed by atoms with Crippen molar-refractivity contribution in [1.29, 1.82) is 5.26 Å². The second-order valence-corrected chi connectivity index (χ2v) is 10.2. The maximum atomic E-state index is 15.0. The van der Waals surface area contributed by atoms with Crippen LogP contribution in [0, 0.1) is 24.1 Å². The van der Waals surface area contributed by atoms with E-state index in [-0.39, 0.29) is 23.6 Å². The van der Waals surface area contributed by atoms with Gasteiger partial charge in [0.1, 0.15) is 17.4 Å². The van der Waals surface area contributed by atoms with Crippen LogP contribution in [0.25, 0.3) is 5.69 Å². The number of nitriles is 1. The second-order valence-electron chi connectivity index (χ2n) is 10.2. The molecule has 3 aromatic rings. The number of carbonyl (C=O) groups excluding carboxylic acids is 1. The Morgan fingerprint density at radius 2 is 1.92 bits per heavy atom. The van der Waals surface area contributed by atoms with Crippen molar-refractivity contribution in [3.63, 3.8) is 0 Å². The number of alkyl halides is 2. The van der Waals surface area contributed by atoms with E-state index in [1.807, 2.05) is 6.07 Å². The van der Waals surface area contributed by atoms with Gasteiger partial charge in [0.15, 0.2) is 17.5 Å². The molecule has 2 unspecified atom stereocenters. The fourth-order valence-corrected chi connectivity index (χ4v) is 4.13. The van der Waals surface area contributed by atoms with E-state index in [0.717, 1.165) is 6.07 Å². The van der Waals surface area contributed by atoms with E-state index in [2.05, 4.69) is 36.1 Å². The summed E-state index contributed by atoms with van der Waals surface area (Å²) in [6.07, 6.45) is 2.48. The smallest absolute Gasteiger partial charge is 0.407 e. The fourth-order valence-electron chi connectivity index (χ4n) is 4.13. The van der Waals surface area contributed by atoms with Crippen LogP contribution in [-0.2, 0) is 4.74 Å². The van der Waals surface area contributed by atoms with E-state index in [4.69, 9.17) is 4.74 Å². The number of anilines is 3. The molecule has 4 rings (SSSR count).